The summed E-state index contributed by atoms with van der Waals surface area (Å²) >= 11 is 0. The fourth-order valence-corrected chi connectivity index (χ4v) is 19.8. The van der Waals surface area contributed by atoms with E-state index in [0.29, 0.717) is 141 Å². The normalized spacial score (nSPS) is 23.0. The molecule has 16 N–H and O–H groups in total. The summed E-state index contributed by atoms with van der Waals surface area (Å²) < 4.78 is 32.1. The molecule has 0 bridgehead atoms. The number of rotatable bonds is 41. The van der Waals surface area contributed by atoms with E-state index in [4.69, 9.17) is 56.0 Å². The Morgan fingerprint density at radius 3 is 0.830 bits per heavy atom. The van der Waals surface area contributed by atoms with Crippen LogP contribution in [0.2, 0.25) is 0 Å². The summed E-state index contributed by atoms with van der Waals surface area (Å²) in [7, 11) is 1.63. The molecular weight excluding hydrogens is 1800 g/mol. The van der Waals surface area contributed by atoms with Gasteiger partial charge in [0.25, 0.3) is 29.5 Å². The van der Waals surface area contributed by atoms with Crippen molar-refractivity contribution in [3.63, 3.8) is 0 Å². The molecule has 16 rings (SSSR count). The lowest BCUT2D eigenvalue weighted by molar-refractivity contribution is -0.123. The highest BCUT2D eigenvalue weighted by atomic mass is 16.5. The zero-order chi connectivity index (χ0) is 101. The lowest BCUT2D eigenvalue weighted by Crippen LogP contribution is -2.47. The number of nitrogens with two attached hydrogens (primary N) is 5. The first kappa shape index (κ1) is 109. The van der Waals surface area contributed by atoms with Gasteiger partial charge in [-0.3, -0.25) is 47.9 Å². The first-order valence-electron chi connectivity index (χ1n) is 52.5. The van der Waals surface area contributed by atoms with Gasteiger partial charge in [-0.2, -0.15) is 0 Å². The van der Waals surface area contributed by atoms with Crippen LogP contribution in [-0.2, 0) is 35.3 Å². The Morgan fingerprint density at radius 1 is 0.348 bits per heavy atom. The highest BCUT2D eigenvalue weighted by Gasteiger charge is 2.42. The van der Waals surface area contributed by atoms with Crippen LogP contribution < -0.4 is 55.3 Å². The average molecular weight is 1960 g/mol. The average Bonchev–Trinajstić information content (AvgIpc) is 1.62. The SMILES string of the molecule is CC(C)CN(C(=O)c1cc(C2CC2)on1)C1CCC(NC(=O)C[C@@H](C)N)CC1.CC(C)CN(C(=O)c1cc(C2CC2)on1)C1CCC(NC(=O)C[C@H](C)N)CC1.COCCN(C(=O)c1cc(C2CC2)on1)C1CCC(NC(=O)C[C@H](C)N)CC1.C[C@@H](N)CC(=O)NC1CCC(N(CCO)C(=O)c2cc(C3CC3)on2)CC1.NCCC(=O)NC1CCC(N(Cc2ccccc2)C(=O)c2cc(C3CC3)on2)CC1. The van der Waals surface area contributed by atoms with E-state index in [1.165, 1.54) is 0 Å². The molecule has 5 aromatic heterocycles. The maximum Gasteiger partial charge on any atom is 0.276 e. The lowest BCUT2D eigenvalue weighted by atomic mass is 9.89. The minimum Gasteiger partial charge on any atom is -0.395 e. The molecule has 0 spiro atoms. The molecule has 37 heteroatoms. The molecule has 0 aliphatic heterocycles. The fraction of sp³-hybridized carbons (Fsp3) is 0.702. The number of carbonyl (C=O) groups is 10. The molecule has 4 atom stereocenters. The quantitative estimate of drug-likeness (QED) is 0.0170. The highest BCUT2D eigenvalue weighted by Crippen LogP contribution is 2.45. The van der Waals surface area contributed by atoms with Crippen molar-refractivity contribution < 1.29 is 80.4 Å². The Balaban J connectivity index is 0.000000158. The Hall–Kier alpha value is -10.3. The number of hydrogen-bond acceptors (Lipinski definition) is 27. The van der Waals surface area contributed by atoms with Gasteiger partial charge in [-0.15, -0.1) is 0 Å². The Morgan fingerprint density at radius 2 is 0.589 bits per heavy atom. The number of ether oxygens (including phenoxy) is 1. The number of nitrogens with zero attached hydrogens (tertiary/aromatic N) is 10. The summed E-state index contributed by atoms with van der Waals surface area (Å²) in [5, 5.41) is 44.9. The van der Waals surface area contributed by atoms with Crippen LogP contribution in [-0.4, -0.2) is 252 Å². The number of amides is 10. The van der Waals surface area contributed by atoms with E-state index in [1.54, 1.807) is 24.1 Å². The minimum atomic E-state index is -0.191. The number of carbonyl (C=O) groups excluding carboxylic acids is 10. The third-order valence-electron chi connectivity index (χ3n) is 28.1. The van der Waals surface area contributed by atoms with Crippen LogP contribution in [0.4, 0.5) is 0 Å². The maximum absolute atomic E-state index is 13.4. The van der Waals surface area contributed by atoms with Gasteiger partial charge in [0.2, 0.25) is 29.5 Å². The van der Waals surface area contributed by atoms with Crippen LogP contribution in [0.1, 0.15) is 397 Å². The number of aliphatic hydroxyl groups is 1. The minimum absolute atomic E-state index is 0.000896. The van der Waals surface area contributed by atoms with Gasteiger partial charge < -0.3 is 112 Å². The third-order valence-corrected chi connectivity index (χ3v) is 28.1. The summed E-state index contributed by atoms with van der Waals surface area (Å²) in [5.74, 6) is 6.59. The second kappa shape index (κ2) is 53.9. The molecule has 37 nitrogen and oxygen atoms in total. The molecule has 0 saturated heterocycles. The van der Waals surface area contributed by atoms with E-state index in [-0.39, 0.29) is 157 Å². The van der Waals surface area contributed by atoms with Crippen molar-refractivity contribution in [1.82, 2.24) is 76.9 Å². The summed E-state index contributed by atoms with van der Waals surface area (Å²) in [6, 6.07) is 19.9. The van der Waals surface area contributed by atoms with Gasteiger partial charge in [0.05, 0.1) is 13.2 Å². The number of aromatic nitrogens is 5. The van der Waals surface area contributed by atoms with Gasteiger partial charge in [0.1, 0.15) is 28.8 Å². The van der Waals surface area contributed by atoms with Crippen molar-refractivity contribution in [2.45, 2.75) is 401 Å². The third kappa shape index (κ3) is 35.0. The second-order valence-electron chi connectivity index (χ2n) is 42.4. The van der Waals surface area contributed by atoms with Crippen LogP contribution in [0.25, 0.3) is 0 Å². The molecule has 778 valence electrons. The molecule has 10 fully saturated rings. The summed E-state index contributed by atoms with van der Waals surface area (Å²) in [4.78, 5) is 135. The van der Waals surface area contributed by atoms with Gasteiger partial charge in [-0.05, 0) is 238 Å². The summed E-state index contributed by atoms with van der Waals surface area (Å²) in [5.41, 5.74) is 31.3. The van der Waals surface area contributed by atoms with Crippen LogP contribution >= 0.6 is 0 Å². The van der Waals surface area contributed by atoms with Crippen LogP contribution in [0.3, 0.4) is 0 Å². The number of aliphatic hydroxyl groups excluding tert-OH is 1. The monoisotopic (exact) mass is 1960 g/mol. The van der Waals surface area contributed by atoms with Crippen molar-refractivity contribution in [2.75, 3.05) is 53.0 Å². The van der Waals surface area contributed by atoms with E-state index in [9.17, 15) is 53.1 Å². The van der Waals surface area contributed by atoms with Crippen molar-refractivity contribution in [3.8, 4) is 0 Å². The molecule has 141 heavy (non-hydrogen) atoms. The molecule has 10 aliphatic rings. The second-order valence-corrected chi connectivity index (χ2v) is 42.4. The molecule has 5 heterocycles. The van der Waals surface area contributed by atoms with Crippen molar-refractivity contribution >= 4 is 59.1 Å². The lowest BCUT2D eigenvalue weighted by Gasteiger charge is -2.37. The molecule has 1 aromatic carbocycles. The van der Waals surface area contributed by atoms with Gasteiger partial charge >= 0.3 is 0 Å². The first-order valence-corrected chi connectivity index (χ1v) is 52.5. The van der Waals surface area contributed by atoms with Gasteiger partial charge in [0.15, 0.2) is 28.5 Å². The number of benzene rings is 1. The van der Waals surface area contributed by atoms with Crippen LogP contribution in [0, 0.1) is 11.8 Å². The predicted octanol–water partition coefficient (Wildman–Crippen LogP) is 11.6. The van der Waals surface area contributed by atoms with Crippen molar-refractivity contribution in [2.24, 2.45) is 40.5 Å². The molecule has 10 amide bonds. The van der Waals surface area contributed by atoms with E-state index in [0.717, 1.165) is 227 Å². The fourth-order valence-electron chi connectivity index (χ4n) is 19.8. The van der Waals surface area contributed by atoms with Crippen molar-refractivity contribution in [1.29, 1.82) is 0 Å². The molecule has 0 radical (unpaired) electrons. The molecule has 6 aromatic rings. The van der Waals surface area contributed by atoms with E-state index in [2.05, 4.69) is 80.1 Å². The van der Waals surface area contributed by atoms with Crippen LogP contribution in [0.5, 0.6) is 0 Å². The van der Waals surface area contributed by atoms with E-state index in [1.807, 2.05) is 95.8 Å². The van der Waals surface area contributed by atoms with Gasteiger partial charge in [0, 0.05) is 223 Å². The largest absolute Gasteiger partial charge is 0.395 e. The van der Waals surface area contributed by atoms with Crippen LogP contribution in [0.15, 0.2) is 83.3 Å². The van der Waals surface area contributed by atoms with Gasteiger partial charge in [-0.1, -0.05) is 83.8 Å². The zero-order valence-electron chi connectivity index (χ0n) is 84.6. The smallest absolute Gasteiger partial charge is 0.276 e. The number of nitrogens with one attached hydrogen (secondary N) is 5. The highest BCUT2D eigenvalue weighted by molar-refractivity contribution is 5.95. The molecule has 0 unspecified atom stereocenters. The van der Waals surface area contributed by atoms with Gasteiger partial charge in [-0.25, -0.2) is 0 Å². The summed E-state index contributed by atoms with van der Waals surface area (Å²) in [6.07, 6.45) is 29.8. The van der Waals surface area contributed by atoms with Crippen molar-refractivity contribution in [3.05, 3.63) is 123 Å². The Labute approximate surface area is 830 Å². The molecular formula is C104H160N20O17. The molecule has 10 saturated carbocycles. The number of hydrogen-bond donors (Lipinski definition) is 11. The van der Waals surface area contributed by atoms with E-state index < -0.39 is 0 Å². The topological polar surface area (TPSA) is 537 Å². The molecule has 10 aliphatic carbocycles. The first-order chi connectivity index (χ1) is 67.7. The predicted molar refractivity (Wildman–Crippen MR) is 529 cm³/mol. The standard InChI is InChI=1S/C23H30N4O3.2C21H34N4O3.C20H32N4O4.C19H30N4O4/c24-13-12-22(28)25-18-8-10-19(11-9-18)27(15-16-4-2-1-3-5-16)23(29)20-14-21(30-26-20)17-6-7-17;2*1-13(2)12-25(21(27)18-11-19(28-24-18)15-4-5-15)17-8-6-16(7-9-17)23-20(26)10-14(3)22;1-13(21)11-19(25)22-15-5-7-16(8-6-15)24(9-10-27-2)20(26)17-12-18(28-23-17)14-3-4-14;1-12(20)10-18(25)21-14-4-6-15(7-5-14)23(8-9-24)19(26)16-11-17(27-22-16)13-2-3-13/h1-5,14,17-19H,6-13,15,24H2,(H,25,28);2*11,13-17H,4-10,12,22H2,1-3H3,(H,23,26);12-16H,3-11,21H2,1-2H3,(H,22,25);11-15,24H,2-10,20H2,1H3,(H,21,25)/t;2*14-,16?,17?;13-,15?,16?;12-,14?,15?/m.1001/s1. The Bertz CT molecular complexity index is 4790. The number of methoxy groups -OCH3 is 1. The Kier molecular flexibility index (Phi) is 41.8. The zero-order valence-corrected chi connectivity index (χ0v) is 84.6. The maximum atomic E-state index is 13.4. The van der Waals surface area contributed by atoms with E-state index >= 15 is 0 Å². The summed E-state index contributed by atoms with van der Waals surface area (Å²) in [6.45, 7) is 19.3.